The number of amides is 1. The molecule has 0 saturated carbocycles. The molecule has 0 spiro atoms. The highest BCUT2D eigenvalue weighted by Crippen LogP contribution is 2.18. The number of rotatable bonds is 6. The minimum absolute atomic E-state index is 0.0566. The molecule has 1 unspecified atom stereocenters. The van der Waals surface area contributed by atoms with Crippen molar-refractivity contribution in [2.24, 2.45) is 5.73 Å². The summed E-state index contributed by atoms with van der Waals surface area (Å²) in [4.78, 5) is 10.5. The third kappa shape index (κ3) is 3.88. The molecule has 1 rings (SSSR count). The summed E-state index contributed by atoms with van der Waals surface area (Å²) >= 11 is 0. The minimum Gasteiger partial charge on any atom is -0.497 e. The van der Waals surface area contributed by atoms with Crippen LogP contribution < -0.4 is 15.8 Å². The van der Waals surface area contributed by atoms with E-state index in [1.54, 1.807) is 31.4 Å². The molecule has 1 aromatic carbocycles. The van der Waals surface area contributed by atoms with Crippen LogP contribution in [0, 0.1) is 0 Å². The molecule has 0 aliphatic rings. The van der Waals surface area contributed by atoms with E-state index in [4.69, 9.17) is 10.5 Å². The van der Waals surface area contributed by atoms with Crippen molar-refractivity contribution in [3.8, 4) is 5.75 Å². The van der Waals surface area contributed by atoms with Crippen molar-refractivity contribution in [2.75, 3.05) is 20.2 Å². The lowest BCUT2D eigenvalue weighted by molar-refractivity contribution is -0.117. The Morgan fingerprint density at radius 2 is 2.38 bits per heavy atom. The highest BCUT2D eigenvalue weighted by atomic mass is 16.5. The van der Waals surface area contributed by atoms with Gasteiger partial charge in [0.1, 0.15) is 5.75 Å². The predicted octanol–water partition coefficient (Wildman–Crippen LogP) is -0.197. The Kier molecular flexibility index (Phi) is 4.75. The van der Waals surface area contributed by atoms with Crippen molar-refractivity contribution < 1.29 is 14.6 Å². The molecule has 0 saturated heterocycles. The van der Waals surface area contributed by atoms with Gasteiger partial charge < -0.3 is 20.9 Å². The van der Waals surface area contributed by atoms with Gasteiger partial charge in [0.05, 0.1) is 19.8 Å². The van der Waals surface area contributed by atoms with Crippen LogP contribution in [0.3, 0.4) is 0 Å². The number of nitrogens with one attached hydrogen (secondary N) is 1. The molecule has 0 aliphatic carbocycles. The van der Waals surface area contributed by atoms with Gasteiger partial charge in [-0.05, 0) is 17.7 Å². The van der Waals surface area contributed by atoms with Crippen LogP contribution in [-0.4, -0.2) is 31.2 Å². The number of carbonyl (C=O) groups is 1. The first kappa shape index (κ1) is 12.5. The quantitative estimate of drug-likeness (QED) is 0.625. The van der Waals surface area contributed by atoms with Gasteiger partial charge in [-0.1, -0.05) is 12.1 Å². The lowest BCUT2D eigenvalue weighted by Crippen LogP contribution is -2.31. The van der Waals surface area contributed by atoms with E-state index in [0.29, 0.717) is 5.75 Å². The Morgan fingerprint density at radius 1 is 1.62 bits per heavy atom. The van der Waals surface area contributed by atoms with E-state index in [1.165, 1.54) is 0 Å². The number of carbonyl (C=O) groups excluding carboxylic acids is 1. The Balaban J connectivity index is 2.51. The van der Waals surface area contributed by atoms with Crippen LogP contribution in [-0.2, 0) is 4.79 Å². The molecule has 5 heteroatoms. The SMILES string of the molecule is COc1cccc(C(O)CNCC(N)=O)c1. The van der Waals surface area contributed by atoms with E-state index in [9.17, 15) is 9.90 Å². The van der Waals surface area contributed by atoms with Gasteiger partial charge in [-0.15, -0.1) is 0 Å². The van der Waals surface area contributed by atoms with Gasteiger partial charge in [0.15, 0.2) is 0 Å². The lowest BCUT2D eigenvalue weighted by atomic mass is 10.1. The highest BCUT2D eigenvalue weighted by Gasteiger charge is 2.08. The van der Waals surface area contributed by atoms with Crippen LogP contribution in [0.2, 0.25) is 0 Å². The van der Waals surface area contributed by atoms with Crippen LogP contribution >= 0.6 is 0 Å². The minimum atomic E-state index is -0.686. The van der Waals surface area contributed by atoms with Crippen LogP contribution in [0.25, 0.3) is 0 Å². The van der Waals surface area contributed by atoms with Crippen LogP contribution in [0.15, 0.2) is 24.3 Å². The van der Waals surface area contributed by atoms with E-state index < -0.39 is 12.0 Å². The fraction of sp³-hybridized carbons (Fsp3) is 0.364. The van der Waals surface area contributed by atoms with Gasteiger partial charge in [-0.25, -0.2) is 0 Å². The number of hydrogen-bond donors (Lipinski definition) is 3. The molecule has 0 aromatic heterocycles. The second kappa shape index (κ2) is 6.09. The molecule has 0 fully saturated rings. The molecule has 16 heavy (non-hydrogen) atoms. The van der Waals surface area contributed by atoms with Gasteiger partial charge in [0.25, 0.3) is 0 Å². The Hall–Kier alpha value is -1.59. The molecule has 0 aliphatic heterocycles. The zero-order chi connectivity index (χ0) is 12.0. The maximum absolute atomic E-state index is 10.5. The van der Waals surface area contributed by atoms with E-state index in [2.05, 4.69) is 5.32 Å². The standard InChI is InChI=1S/C11H16N2O3/c1-16-9-4-2-3-8(5-9)10(14)6-13-7-11(12)15/h2-5,10,13-14H,6-7H2,1H3,(H2,12,15). The van der Waals surface area contributed by atoms with Gasteiger partial charge >= 0.3 is 0 Å². The summed E-state index contributed by atoms with van der Waals surface area (Å²) in [6.07, 6.45) is -0.686. The van der Waals surface area contributed by atoms with Crippen molar-refractivity contribution in [1.29, 1.82) is 0 Å². The van der Waals surface area contributed by atoms with Crippen molar-refractivity contribution in [1.82, 2.24) is 5.32 Å². The molecule has 5 nitrogen and oxygen atoms in total. The molecule has 4 N–H and O–H groups in total. The number of aliphatic hydroxyl groups excluding tert-OH is 1. The summed E-state index contributed by atoms with van der Waals surface area (Å²) in [5, 5.41) is 12.5. The summed E-state index contributed by atoms with van der Waals surface area (Å²) in [5.41, 5.74) is 5.69. The maximum Gasteiger partial charge on any atom is 0.231 e. The number of nitrogens with two attached hydrogens (primary N) is 1. The molecule has 88 valence electrons. The van der Waals surface area contributed by atoms with Gasteiger partial charge in [0, 0.05) is 6.54 Å². The summed E-state index contributed by atoms with van der Waals surface area (Å²) < 4.78 is 5.04. The first-order valence-corrected chi connectivity index (χ1v) is 4.94. The third-order valence-corrected chi connectivity index (χ3v) is 2.12. The van der Waals surface area contributed by atoms with Gasteiger partial charge in [-0.2, -0.15) is 0 Å². The topological polar surface area (TPSA) is 84.6 Å². The van der Waals surface area contributed by atoms with E-state index in [1.807, 2.05) is 0 Å². The van der Waals surface area contributed by atoms with Crippen molar-refractivity contribution in [3.05, 3.63) is 29.8 Å². The number of hydrogen-bond acceptors (Lipinski definition) is 4. The van der Waals surface area contributed by atoms with Crippen molar-refractivity contribution >= 4 is 5.91 Å². The molecule has 0 radical (unpaired) electrons. The molecule has 0 bridgehead atoms. The van der Waals surface area contributed by atoms with Crippen LogP contribution in [0.4, 0.5) is 0 Å². The molecule has 1 aromatic rings. The fourth-order valence-electron chi connectivity index (χ4n) is 1.30. The Labute approximate surface area is 94.2 Å². The van der Waals surface area contributed by atoms with E-state index in [-0.39, 0.29) is 13.1 Å². The van der Waals surface area contributed by atoms with Crippen molar-refractivity contribution in [3.63, 3.8) is 0 Å². The average molecular weight is 224 g/mol. The molecule has 0 heterocycles. The average Bonchev–Trinajstić information content (AvgIpc) is 2.28. The number of ether oxygens (including phenoxy) is 1. The van der Waals surface area contributed by atoms with Crippen LogP contribution in [0.5, 0.6) is 5.75 Å². The Bertz CT molecular complexity index is 355. The largest absolute Gasteiger partial charge is 0.497 e. The summed E-state index contributed by atoms with van der Waals surface area (Å²) in [6.45, 7) is 0.330. The molecule has 1 amide bonds. The zero-order valence-electron chi connectivity index (χ0n) is 9.14. The maximum atomic E-state index is 10.5. The monoisotopic (exact) mass is 224 g/mol. The number of aliphatic hydroxyl groups is 1. The molecule has 1 atom stereocenters. The van der Waals surface area contributed by atoms with Crippen LogP contribution in [0.1, 0.15) is 11.7 Å². The second-order valence-electron chi connectivity index (χ2n) is 3.39. The first-order valence-electron chi connectivity index (χ1n) is 4.94. The zero-order valence-corrected chi connectivity index (χ0v) is 9.14. The van der Waals surface area contributed by atoms with E-state index in [0.717, 1.165) is 5.56 Å². The Morgan fingerprint density at radius 3 is 3.00 bits per heavy atom. The smallest absolute Gasteiger partial charge is 0.231 e. The normalized spacial score (nSPS) is 12.1. The second-order valence-corrected chi connectivity index (χ2v) is 3.39. The summed E-state index contributed by atoms with van der Waals surface area (Å²) in [5.74, 6) is 0.240. The predicted molar refractivity (Wildman–Crippen MR) is 60.0 cm³/mol. The summed E-state index contributed by atoms with van der Waals surface area (Å²) in [7, 11) is 1.57. The molecular weight excluding hydrogens is 208 g/mol. The highest BCUT2D eigenvalue weighted by molar-refractivity contribution is 5.75. The fourth-order valence-corrected chi connectivity index (χ4v) is 1.30. The number of methoxy groups -OCH3 is 1. The van der Waals surface area contributed by atoms with Gasteiger partial charge in [0.2, 0.25) is 5.91 Å². The van der Waals surface area contributed by atoms with Gasteiger partial charge in [-0.3, -0.25) is 4.79 Å². The molecular formula is C11H16N2O3. The van der Waals surface area contributed by atoms with E-state index >= 15 is 0 Å². The first-order chi connectivity index (χ1) is 7.63. The summed E-state index contributed by atoms with van der Waals surface area (Å²) in [6, 6.07) is 7.13. The third-order valence-electron chi connectivity index (χ3n) is 2.12. The number of primary amides is 1. The number of benzene rings is 1. The van der Waals surface area contributed by atoms with Crippen molar-refractivity contribution in [2.45, 2.75) is 6.10 Å². The lowest BCUT2D eigenvalue weighted by Gasteiger charge is -2.12.